The van der Waals surface area contributed by atoms with Crippen LogP contribution >= 0.6 is 11.3 Å². The number of rotatable bonds is 4. The number of benzene rings is 1. The maximum atomic E-state index is 11.2. The lowest BCUT2D eigenvalue weighted by Gasteiger charge is -2.09. The van der Waals surface area contributed by atoms with Crippen molar-refractivity contribution in [1.82, 2.24) is 15.0 Å². The molecule has 0 saturated heterocycles. The summed E-state index contributed by atoms with van der Waals surface area (Å²) in [5.41, 5.74) is 0.697. The first-order valence-electron chi connectivity index (χ1n) is 7.30. The lowest BCUT2D eigenvalue weighted by atomic mass is 10.2. The summed E-state index contributed by atoms with van der Waals surface area (Å²) in [5.74, 6) is 0.441. The highest BCUT2D eigenvalue weighted by Crippen LogP contribution is 2.34. The first-order valence-corrected chi connectivity index (χ1v) is 8.18. The topological polar surface area (TPSA) is 91.0 Å². The maximum Gasteiger partial charge on any atom is 0.406 e. The Kier molecular flexibility index (Phi) is 3.79. The van der Waals surface area contributed by atoms with Gasteiger partial charge in [0.15, 0.2) is 5.82 Å². The Labute approximate surface area is 145 Å². The molecule has 0 atom stereocenters. The average Bonchev–Trinajstić information content (AvgIpc) is 3.16. The molecule has 0 aliphatic rings. The molecule has 0 spiro atoms. The zero-order chi connectivity index (χ0) is 17.2. The number of nitro groups is 1. The third-order valence-corrected chi connectivity index (χ3v) is 4.31. The molecular weight excluding hydrogens is 340 g/mol. The van der Waals surface area contributed by atoms with Crippen LogP contribution in [0.5, 0.6) is 11.6 Å². The largest absolute Gasteiger partial charge is 0.429 e. The van der Waals surface area contributed by atoms with E-state index in [-0.39, 0.29) is 17.4 Å². The van der Waals surface area contributed by atoms with Crippen LogP contribution in [0, 0.1) is 10.1 Å². The number of para-hydroxylation sites is 1. The van der Waals surface area contributed by atoms with Crippen molar-refractivity contribution in [3.63, 3.8) is 0 Å². The molecule has 0 bridgehead atoms. The van der Waals surface area contributed by atoms with Crippen molar-refractivity contribution in [3.8, 4) is 22.3 Å². The lowest BCUT2D eigenvalue weighted by molar-refractivity contribution is -0.390. The van der Waals surface area contributed by atoms with Crippen LogP contribution in [0.1, 0.15) is 0 Å². The average molecular weight is 350 g/mol. The molecule has 0 N–H and O–H groups in total. The molecule has 7 nitrogen and oxygen atoms in total. The van der Waals surface area contributed by atoms with Crippen molar-refractivity contribution in [2.24, 2.45) is 0 Å². The Morgan fingerprint density at radius 2 is 1.92 bits per heavy atom. The highest BCUT2D eigenvalue weighted by atomic mass is 32.1. The Morgan fingerprint density at radius 3 is 2.72 bits per heavy atom. The molecule has 0 amide bonds. The quantitative estimate of drug-likeness (QED) is 0.399. The SMILES string of the molecule is O=[N+]([O-])c1ncccc1Oc1nc(-c2cccs2)nc2ccccc12. The molecule has 1 aromatic carbocycles. The van der Waals surface area contributed by atoms with Crippen LogP contribution in [0.15, 0.2) is 60.1 Å². The molecule has 0 unspecified atom stereocenters. The molecule has 122 valence electrons. The van der Waals surface area contributed by atoms with Crippen molar-refractivity contribution in [1.29, 1.82) is 0 Å². The van der Waals surface area contributed by atoms with E-state index in [1.165, 1.54) is 23.6 Å². The first kappa shape index (κ1) is 15.2. The van der Waals surface area contributed by atoms with Crippen molar-refractivity contribution >= 4 is 28.1 Å². The summed E-state index contributed by atoms with van der Waals surface area (Å²) in [6, 6.07) is 14.2. The van der Waals surface area contributed by atoms with Crippen LogP contribution in [0.3, 0.4) is 0 Å². The van der Waals surface area contributed by atoms with E-state index in [0.717, 1.165) is 4.88 Å². The van der Waals surface area contributed by atoms with Gasteiger partial charge < -0.3 is 14.9 Å². The molecule has 0 fully saturated rings. The number of aromatic nitrogens is 3. The molecule has 3 heterocycles. The summed E-state index contributed by atoms with van der Waals surface area (Å²) in [4.78, 5) is 24.2. The van der Waals surface area contributed by atoms with Gasteiger partial charge in [0, 0.05) is 0 Å². The van der Waals surface area contributed by atoms with Gasteiger partial charge in [0.2, 0.25) is 11.6 Å². The zero-order valence-electron chi connectivity index (χ0n) is 12.7. The Balaban J connectivity index is 1.88. The Bertz CT molecular complexity index is 1070. The molecule has 8 heteroatoms. The van der Waals surface area contributed by atoms with Crippen LogP contribution in [0.4, 0.5) is 5.82 Å². The molecule has 0 aliphatic carbocycles. The van der Waals surface area contributed by atoms with Gasteiger partial charge in [0.25, 0.3) is 0 Å². The van der Waals surface area contributed by atoms with E-state index in [9.17, 15) is 10.1 Å². The van der Waals surface area contributed by atoms with E-state index < -0.39 is 4.92 Å². The number of hydrogen-bond donors (Lipinski definition) is 0. The third kappa shape index (κ3) is 2.90. The zero-order valence-corrected chi connectivity index (χ0v) is 13.5. The number of thiophene rings is 1. The van der Waals surface area contributed by atoms with Crippen LogP contribution in [0.25, 0.3) is 21.6 Å². The van der Waals surface area contributed by atoms with Gasteiger partial charge >= 0.3 is 5.82 Å². The lowest BCUT2D eigenvalue weighted by Crippen LogP contribution is -1.99. The number of pyridine rings is 1. The third-order valence-electron chi connectivity index (χ3n) is 3.44. The number of ether oxygens (including phenoxy) is 1. The number of nitrogens with zero attached hydrogens (tertiary/aromatic N) is 4. The second kappa shape index (κ2) is 6.25. The van der Waals surface area contributed by atoms with Crippen LogP contribution in [0.2, 0.25) is 0 Å². The molecular formula is C17H10N4O3S. The Hall–Kier alpha value is -3.39. The predicted molar refractivity (Wildman–Crippen MR) is 93.8 cm³/mol. The fourth-order valence-corrected chi connectivity index (χ4v) is 3.00. The summed E-state index contributed by atoms with van der Waals surface area (Å²) in [7, 11) is 0. The molecule has 0 aliphatic heterocycles. The molecule has 0 radical (unpaired) electrons. The van der Waals surface area contributed by atoms with Gasteiger partial charge in [-0.1, -0.05) is 18.2 Å². The molecule has 25 heavy (non-hydrogen) atoms. The fraction of sp³-hybridized carbons (Fsp3) is 0. The molecule has 4 aromatic rings. The van der Waals surface area contributed by atoms with Crippen molar-refractivity contribution in [2.45, 2.75) is 0 Å². The molecule has 3 aromatic heterocycles. The smallest absolute Gasteiger partial charge is 0.406 e. The molecule has 0 saturated carbocycles. The van der Waals surface area contributed by atoms with E-state index in [1.807, 2.05) is 41.8 Å². The second-order valence-electron chi connectivity index (χ2n) is 5.03. The second-order valence-corrected chi connectivity index (χ2v) is 5.98. The van der Waals surface area contributed by atoms with Gasteiger partial charge in [-0.3, -0.25) is 0 Å². The number of fused-ring (bicyclic) bond motifs is 1. The minimum absolute atomic E-state index is 0.0356. The van der Waals surface area contributed by atoms with Gasteiger partial charge in [0.1, 0.15) is 6.20 Å². The van der Waals surface area contributed by atoms with Crippen LogP contribution < -0.4 is 4.74 Å². The summed E-state index contributed by atoms with van der Waals surface area (Å²) in [6.07, 6.45) is 1.35. The summed E-state index contributed by atoms with van der Waals surface area (Å²) in [5, 5.41) is 13.8. The van der Waals surface area contributed by atoms with E-state index in [0.29, 0.717) is 16.7 Å². The highest BCUT2D eigenvalue weighted by molar-refractivity contribution is 7.13. The van der Waals surface area contributed by atoms with Crippen molar-refractivity contribution in [3.05, 3.63) is 70.2 Å². The summed E-state index contributed by atoms with van der Waals surface area (Å²) < 4.78 is 5.77. The fourth-order valence-electron chi connectivity index (χ4n) is 2.34. The van der Waals surface area contributed by atoms with Gasteiger partial charge in [0.05, 0.1) is 15.8 Å². The van der Waals surface area contributed by atoms with E-state index >= 15 is 0 Å². The van der Waals surface area contributed by atoms with E-state index in [2.05, 4.69) is 15.0 Å². The monoisotopic (exact) mass is 350 g/mol. The summed E-state index contributed by atoms with van der Waals surface area (Å²) in [6.45, 7) is 0. The standard InChI is InChI=1S/C17H10N4O3S/c22-21(23)16-13(7-3-9-18-16)24-17-11-5-1-2-6-12(11)19-15(20-17)14-8-4-10-25-14/h1-10H. The van der Waals surface area contributed by atoms with Crippen molar-refractivity contribution < 1.29 is 9.66 Å². The minimum atomic E-state index is -0.584. The van der Waals surface area contributed by atoms with Gasteiger partial charge in [-0.15, -0.1) is 11.3 Å². The highest BCUT2D eigenvalue weighted by Gasteiger charge is 2.19. The maximum absolute atomic E-state index is 11.2. The van der Waals surface area contributed by atoms with Crippen LogP contribution in [-0.2, 0) is 0 Å². The predicted octanol–water partition coefficient (Wildman–Crippen LogP) is 4.45. The summed E-state index contributed by atoms with van der Waals surface area (Å²) >= 11 is 1.51. The van der Waals surface area contributed by atoms with Crippen LogP contribution in [-0.4, -0.2) is 19.9 Å². The van der Waals surface area contributed by atoms with E-state index in [1.54, 1.807) is 6.07 Å². The minimum Gasteiger partial charge on any atom is -0.429 e. The normalized spacial score (nSPS) is 10.7. The first-order chi connectivity index (χ1) is 12.2. The van der Waals surface area contributed by atoms with Crippen molar-refractivity contribution in [2.75, 3.05) is 0 Å². The van der Waals surface area contributed by atoms with Gasteiger partial charge in [-0.25, -0.2) is 4.98 Å². The van der Waals surface area contributed by atoms with Gasteiger partial charge in [-0.05, 0) is 45.6 Å². The molecule has 4 rings (SSSR count). The number of hydrogen-bond acceptors (Lipinski definition) is 7. The Morgan fingerprint density at radius 1 is 1.04 bits per heavy atom. The van der Waals surface area contributed by atoms with Gasteiger partial charge in [-0.2, -0.15) is 4.98 Å². The van der Waals surface area contributed by atoms with E-state index in [4.69, 9.17) is 4.74 Å².